The second-order valence-electron chi connectivity index (χ2n) is 7.30. The Kier molecular flexibility index (Phi) is 3.91. The largest absolute Gasteiger partial charge is 0.286 e. The molecule has 0 saturated heterocycles. The zero-order valence-corrected chi connectivity index (χ0v) is 16.1. The highest BCUT2D eigenvalue weighted by Crippen LogP contribution is 2.36. The van der Waals surface area contributed by atoms with Gasteiger partial charge in [0.05, 0.1) is 7.05 Å². The summed E-state index contributed by atoms with van der Waals surface area (Å²) >= 11 is 0. The molecule has 134 valence electrons. The fraction of sp³-hybridized carbons (Fsp3) is 0.0769. The maximum absolute atomic E-state index is 4.22. The van der Waals surface area contributed by atoms with Crippen molar-refractivity contribution in [3.8, 4) is 22.4 Å². The van der Waals surface area contributed by atoms with Crippen LogP contribution in [0.3, 0.4) is 0 Å². The molecule has 0 atom stereocenters. The molecule has 0 radical (unpaired) electrons. The predicted molar refractivity (Wildman–Crippen MR) is 116 cm³/mol. The highest BCUT2D eigenvalue weighted by molar-refractivity contribution is 6.13. The molecule has 0 bridgehead atoms. The minimum absolute atomic E-state index is 1.17. The minimum atomic E-state index is 1.17. The Hall–Kier alpha value is -3.52. The summed E-state index contributed by atoms with van der Waals surface area (Å²) in [7, 11) is 2.04. The quantitative estimate of drug-likeness (QED) is 0.284. The Labute approximate surface area is 164 Å². The molecule has 1 aromatic heterocycles. The van der Waals surface area contributed by atoms with Crippen LogP contribution in [-0.4, -0.2) is 4.98 Å². The van der Waals surface area contributed by atoms with E-state index >= 15 is 0 Å². The van der Waals surface area contributed by atoms with E-state index in [1.54, 1.807) is 0 Å². The summed E-state index contributed by atoms with van der Waals surface area (Å²) in [6.45, 7) is 2.16. The van der Waals surface area contributed by atoms with Crippen molar-refractivity contribution in [3.63, 3.8) is 0 Å². The molecule has 0 saturated carbocycles. The van der Waals surface area contributed by atoms with Crippen LogP contribution >= 0.6 is 0 Å². The monoisotopic (exact) mass is 361 g/mol. The predicted octanol–water partition coefficient (Wildman–Crippen LogP) is 5.85. The molecule has 0 N–H and O–H groups in total. The fourth-order valence-electron chi connectivity index (χ4n) is 4.07. The second kappa shape index (κ2) is 6.58. The molecule has 0 aliphatic carbocycles. The number of hydrogen-bond donors (Lipinski definition) is 0. The Morgan fingerprint density at radius 3 is 2.29 bits per heavy atom. The van der Waals surface area contributed by atoms with E-state index in [1.807, 2.05) is 19.6 Å². The molecule has 2 nitrogen and oxygen atoms in total. The lowest BCUT2D eigenvalue weighted by Gasteiger charge is -2.13. The zero-order valence-electron chi connectivity index (χ0n) is 16.1. The third-order valence-corrected chi connectivity index (χ3v) is 5.53. The van der Waals surface area contributed by atoms with E-state index < -0.39 is 0 Å². The molecule has 0 aliphatic rings. The topological polar surface area (TPSA) is 16.8 Å². The van der Waals surface area contributed by atoms with Gasteiger partial charge in [-0.15, -0.1) is 0 Å². The molecular weight excluding hydrogens is 340 g/mol. The smallest absolute Gasteiger partial charge is 0.233 e. The van der Waals surface area contributed by atoms with E-state index in [-0.39, 0.29) is 0 Å². The maximum atomic E-state index is 4.22. The van der Waals surface area contributed by atoms with Crippen molar-refractivity contribution in [1.29, 1.82) is 0 Å². The fourth-order valence-corrected chi connectivity index (χ4v) is 4.07. The summed E-state index contributed by atoms with van der Waals surface area (Å²) in [6.07, 6.45) is 3.71. The van der Waals surface area contributed by atoms with Gasteiger partial charge in [-0.3, -0.25) is 0 Å². The first-order chi connectivity index (χ1) is 13.7. The van der Waals surface area contributed by atoms with Crippen molar-refractivity contribution in [2.24, 2.45) is 7.05 Å². The van der Waals surface area contributed by atoms with E-state index in [9.17, 15) is 0 Å². The first kappa shape index (κ1) is 16.6. The van der Waals surface area contributed by atoms with Gasteiger partial charge in [0.2, 0.25) is 0 Å². The molecule has 5 aromatic rings. The third kappa shape index (κ3) is 2.66. The number of aromatic nitrogens is 2. The van der Waals surface area contributed by atoms with Gasteiger partial charge < -0.3 is 0 Å². The van der Waals surface area contributed by atoms with E-state index in [0.29, 0.717) is 0 Å². The van der Waals surface area contributed by atoms with Crippen LogP contribution in [0.1, 0.15) is 5.56 Å². The van der Waals surface area contributed by atoms with Crippen LogP contribution in [0.2, 0.25) is 0 Å². The van der Waals surface area contributed by atoms with E-state index in [1.165, 1.54) is 49.5 Å². The van der Waals surface area contributed by atoms with E-state index in [2.05, 4.69) is 95.3 Å². The molecule has 0 aliphatic heterocycles. The molecule has 5 rings (SSSR count). The average molecular weight is 361 g/mol. The number of aryl methyl sites for hydroxylation is 2. The van der Waals surface area contributed by atoms with Crippen molar-refractivity contribution in [1.82, 2.24) is 4.98 Å². The normalized spacial score (nSPS) is 11.2. The van der Waals surface area contributed by atoms with Gasteiger partial charge >= 0.3 is 0 Å². The molecule has 4 aromatic carbocycles. The summed E-state index contributed by atoms with van der Waals surface area (Å²) in [4.78, 5) is 4.22. The molecular formula is C26H21N2+. The van der Waals surface area contributed by atoms with Gasteiger partial charge in [0, 0.05) is 11.6 Å². The Balaban J connectivity index is 1.81. The van der Waals surface area contributed by atoms with Gasteiger partial charge in [-0.1, -0.05) is 65.6 Å². The first-order valence-electron chi connectivity index (χ1n) is 9.54. The van der Waals surface area contributed by atoms with Crippen molar-refractivity contribution in [2.45, 2.75) is 6.92 Å². The molecule has 1 heterocycles. The van der Waals surface area contributed by atoms with Crippen molar-refractivity contribution < 1.29 is 4.57 Å². The summed E-state index contributed by atoms with van der Waals surface area (Å²) in [5.41, 5.74) is 6.17. The lowest BCUT2D eigenvalue weighted by atomic mass is 9.91. The second-order valence-corrected chi connectivity index (χ2v) is 7.30. The van der Waals surface area contributed by atoms with Crippen molar-refractivity contribution >= 4 is 21.5 Å². The van der Waals surface area contributed by atoms with E-state index in [4.69, 9.17) is 0 Å². The van der Waals surface area contributed by atoms with Crippen LogP contribution in [0.25, 0.3) is 43.9 Å². The lowest BCUT2D eigenvalue weighted by Crippen LogP contribution is -2.31. The summed E-state index contributed by atoms with van der Waals surface area (Å²) in [5, 5.41) is 5.16. The molecule has 2 heteroatoms. The maximum Gasteiger partial charge on any atom is 0.286 e. The SMILES string of the molecule is Cc1ccc(-c2cc3ccccc3c3ccccc23)cc1-c1ccnc[n+]1C. The Morgan fingerprint density at radius 2 is 1.46 bits per heavy atom. The van der Waals surface area contributed by atoms with Crippen LogP contribution in [0, 0.1) is 6.92 Å². The summed E-state index contributed by atoms with van der Waals surface area (Å²) in [5.74, 6) is 0. The Morgan fingerprint density at radius 1 is 0.714 bits per heavy atom. The van der Waals surface area contributed by atoms with Gasteiger partial charge in [0.25, 0.3) is 6.33 Å². The molecule has 0 fully saturated rings. The number of benzene rings is 4. The van der Waals surface area contributed by atoms with Crippen LogP contribution in [-0.2, 0) is 7.05 Å². The first-order valence-corrected chi connectivity index (χ1v) is 9.54. The standard InChI is InChI=1S/C26H21N2/c1-18-11-12-20(15-24(18)26-13-14-27-17-28(26)2)25-16-19-7-3-4-8-21(19)22-9-5-6-10-23(22)25/h3-17H,1-2H3/q+1. The van der Waals surface area contributed by atoms with Gasteiger partial charge in [-0.2, -0.15) is 0 Å². The van der Waals surface area contributed by atoms with Crippen molar-refractivity contribution in [3.05, 3.63) is 97.0 Å². The molecule has 0 spiro atoms. The number of hydrogen-bond acceptors (Lipinski definition) is 1. The van der Waals surface area contributed by atoms with Crippen molar-refractivity contribution in [2.75, 3.05) is 0 Å². The zero-order chi connectivity index (χ0) is 19.1. The molecule has 0 amide bonds. The number of rotatable bonds is 2. The van der Waals surface area contributed by atoms with Gasteiger partial charge in [0.1, 0.15) is 11.9 Å². The molecule has 28 heavy (non-hydrogen) atoms. The number of nitrogens with zero attached hydrogens (tertiary/aromatic N) is 2. The lowest BCUT2D eigenvalue weighted by molar-refractivity contribution is -0.663. The van der Waals surface area contributed by atoms with Crippen LogP contribution < -0.4 is 4.57 Å². The van der Waals surface area contributed by atoms with Gasteiger partial charge in [-0.25, -0.2) is 4.57 Å². The molecule has 0 unspecified atom stereocenters. The van der Waals surface area contributed by atoms with Crippen LogP contribution in [0.4, 0.5) is 0 Å². The highest BCUT2D eigenvalue weighted by atomic mass is 15.0. The number of fused-ring (bicyclic) bond motifs is 3. The van der Waals surface area contributed by atoms with E-state index in [0.717, 1.165) is 0 Å². The minimum Gasteiger partial charge on any atom is -0.233 e. The average Bonchev–Trinajstić information content (AvgIpc) is 2.74. The van der Waals surface area contributed by atoms with Crippen LogP contribution in [0.15, 0.2) is 91.4 Å². The van der Waals surface area contributed by atoms with Gasteiger partial charge in [0.15, 0.2) is 0 Å². The third-order valence-electron chi connectivity index (χ3n) is 5.53. The summed E-state index contributed by atoms with van der Waals surface area (Å²) in [6, 6.07) is 28.5. The highest BCUT2D eigenvalue weighted by Gasteiger charge is 2.13. The van der Waals surface area contributed by atoms with Crippen LogP contribution in [0.5, 0.6) is 0 Å². The summed E-state index contributed by atoms with van der Waals surface area (Å²) < 4.78 is 2.07. The van der Waals surface area contributed by atoms with Gasteiger partial charge in [-0.05, 0) is 57.3 Å². The Bertz CT molecular complexity index is 1340.